The van der Waals surface area contributed by atoms with Gasteiger partial charge in [0.05, 0.1) is 12.2 Å². The summed E-state index contributed by atoms with van der Waals surface area (Å²) in [5.41, 5.74) is 0. The van der Waals surface area contributed by atoms with Crippen molar-refractivity contribution in [2.24, 2.45) is 11.8 Å². The first-order chi connectivity index (χ1) is 8.43. The molecule has 0 fully saturated rings. The smallest absolute Gasteiger partial charge is 0.132 e. The molecule has 0 heterocycles. The van der Waals surface area contributed by atoms with E-state index in [0.29, 0.717) is 6.42 Å². The highest BCUT2D eigenvalue weighted by Gasteiger charge is 2.28. The van der Waals surface area contributed by atoms with Crippen LogP contribution in [0.3, 0.4) is 0 Å². The van der Waals surface area contributed by atoms with Crippen molar-refractivity contribution in [2.45, 2.75) is 72.0 Å². The molecule has 0 amide bonds. The SMILES string of the molecule is CCCCCC(C)C(O)C(C)C(CC(C)=O)OC. The number of ketones is 1. The zero-order chi connectivity index (χ0) is 14.1. The molecule has 108 valence electrons. The first kappa shape index (κ1) is 17.6. The fourth-order valence-corrected chi connectivity index (χ4v) is 2.39. The normalized spacial score (nSPS) is 18.1. The summed E-state index contributed by atoms with van der Waals surface area (Å²) in [6.07, 6.45) is 4.42. The summed E-state index contributed by atoms with van der Waals surface area (Å²) in [5, 5.41) is 10.3. The molecule has 0 aliphatic carbocycles. The van der Waals surface area contributed by atoms with Crippen molar-refractivity contribution in [1.82, 2.24) is 0 Å². The molecule has 0 radical (unpaired) electrons. The lowest BCUT2D eigenvalue weighted by Gasteiger charge is -2.30. The van der Waals surface area contributed by atoms with E-state index in [9.17, 15) is 9.90 Å². The number of carbonyl (C=O) groups excluding carboxylic acids is 1. The van der Waals surface area contributed by atoms with Gasteiger partial charge in [0.25, 0.3) is 0 Å². The number of rotatable bonds is 10. The molecule has 0 spiro atoms. The van der Waals surface area contributed by atoms with Crippen LogP contribution in [0.5, 0.6) is 0 Å². The number of hydrogen-bond acceptors (Lipinski definition) is 3. The van der Waals surface area contributed by atoms with Crippen molar-refractivity contribution in [3.8, 4) is 0 Å². The number of Topliss-reactive ketones (excluding diaryl/α,β-unsaturated/α-hetero) is 1. The highest BCUT2D eigenvalue weighted by atomic mass is 16.5. The van der Waals surface area contributed by atoms with Gasteiger partial charge in [-0.15, -0.1) is 0 Å². The third-order valence-corrected chi connectivity index (χ3v) is 3.76. The maximum absolute atomic E-state index is 11.2. The molecule has 3 nitrogen and oxygen atoms in total. The lowest BCUT2D eigenvalue weighted by Crippen LogP contribution is -2.36. The Labute approximate surface area is 112 Å². The molecule has 0 saturated heterocycles. The maximum atomic E-state index is 11.2. The Balaban J connectivity index is 4.26. The average molecular weight is 258 g/mol. The standard InChI is InChI=1S/C15H30O3/c1-6-7-8-9-11(2)15(17)13(4)14(18-5)10-12(3)16/h11,13-15,17H,6-10H2,1-5H3. The minimum Gasteiger partial charge on any atom is -0.392 e. The molecule has 1 N–H and O–H groups in total. The van der Waals surface area contributed by atoms with Crippen molar-refractivity contribution in [3.05, 3.63) is 0 Å². The average Bonchev–Trinajstić information content (AvgIpc) is 2.34. The van der Waals surface area contributed by atoms with Crippen molar-refractivity contribution < 1.29 is 14.6 Å². The Bertz CT molecular complexity index is 228. The second kappa shape index (κ2) is 9.51. The van der Waals surface area contributed by atoms with Crippen LogP contribution in [0.2, 0.25) is 0 Å². The van der Waals surface area contributed by atoms with Gasteiger partial charge in [0.15, 0.2) is 0 Å². The number of aliphatic hydroxyl groups excluding tert-OH is 1. The monoisotopic (exact) mass is 258 g/mol. The molecule has 4 atom stereocenters. The van der Waals surface area contributed by atoms with Gasteiger partial charge in [0, 0.05) is 19.4 Å². The summed E-state index contributed by atoms with van der Waals surface area (Å²) in [7, 11) is 1.61. The van der Waals surface area contributed by atoms with E-state index in [2.05, 4.69) is 13.8 Å². The van der Waals surface area contributed by atoms with Gasteiger partial charge in [0.1, 0.15) is 5.78 Å². The third kappa shape index (κ3) is 6.50. The van der Waals surface area contributed by atoms with Crippen molar-refractivity contribution in [1.29, 1.82) is 0 Å². The van der Waals surface area contributed by atoms with E-state index in [1.165, 1.54) is 12.8 Å². The van der Waals surface area contributed by atoms with Crippen LogP contribution in [0, 0.1) is 11.8 Å². The van der Waals surface area contributed by atoms with Gasteiger partial charge in [-0.05, 0) is 19.3 Å². The van der Waals surface area contributed by atoms with E-state index in [1.54, 1.807) is 14.0 Å². The van der Waals surface area contributed by atoms with Crippen LogP contribution in [0.15, 0.2) is 0 Å². The molecule has 0 bridgehead atoms. The zero-order valence-corrected chi connectivity index (χ0v) is 12.6. The number of carbonyl (C=O) groups is 1. The molecular weight excluding hydrogens is 228 g/mol. The maximum Gasteiger partial charge on any atom is 0.132 e. The molecule has 0 aliphatic heterocycles. The Hall–Kier alpha value is -0.410. The lowest BCUT2D eigenvalue weighted by molar-refractivity contribution is -0.121. The van der Waals surface area contributed by atoms with Crippen LogP contribution in [-0.2, 0) is 9.53 Å². The Morgan fingerprint density at radius 1 is 1.28 bits per heavy atom. The number of unbranched alkanes of at least 4 members (excludes halogenated alkanes) is 2. The van der Waals surface area contributed by atoms with Crippen molar-refractivity contribution in [3.63, 3.8) is 0 Å². The van der Waals surface area contributed by atoms with E-state index in [1.807, 2.05) is 6.92 Å². The first-order valence-electron chi connectivity index (χ1n) is 7.14. The van der Waals surface area contributed by atoms with Gasteiger partial charge < -0.3 is 9.84 Å². The summed E-state index contributed by atoms with van der Waals surface area (Å²) >= 11 is 0. The summed E-state index contributed by atoms with van der Waals surface area (Å²) in [4.78, 5) is 11.2. The van der Waals surface area contributed by atoms with Crippen LogP contribution in [0.4, 0.5) is 0 Å². The van der Waals surface area contributed by atoms with E-state index >= 15 is 0 Å². The molecular formula is C15H30O3. The zero-order valence-electron chi connectivity index (χ0n) is 12.6. The third-order valence-electron chi connectivity index (χ3n) is 3.76. The molecule has 3 heteroatoms. The summed E-state index contributed by atoms with van der Waals surface area (Å²) in [6.45, 7) is 7.79. The number of aliphatic hydroxyl groups is 1. The number of methoxy groups -OCH3 is 1. The molecule has 0 rings (SSSR count). The molecule has 0 aromatic rings. The highest BCUT2D eigenvalue weighted by molar-refractivity contribution is 5.76. The quantitative estimate of drug-likeness (QED) is 0.612. The molecule has 0 aromatic carbocycles. The van der Waals surface area contributed by atoms with Crippen LogP contribution in [-0.4, -0.2) is 30.2 Å². The summed E-state index contributed by atoms with van der Waals surface area (Å²) in [5.74, 6) is 0.367. The van der Waals surface area contributed by atoms with Crippen molar-refractivity contribution >= 4 is 5.78 Å². The van der Waals surface area contributed by atoms with Gasteiger partial charge in [-0.3, -0.25) is 4.79 Å². The van der Waals surface area contributed by atoms with Gasteiger partial charge >= 0.3 is 0 Å². The van der Waals surface area contributed by atoms with Gasteiger partial charge in [-0.2, -0.15) is 0 Å². The van der Waals surface area contributed by atoms with Gasteiger partial charge in [-0.1, -0.05) is 40.0 Å². The predicted molar refractivity (Wildman–Crippen MR) is 74.6 cm³/mol. The Morgan fingerprint density at radius 2 is 1.89 bits per heavy atom. The largest absolute Gasteiger partial charge is 0.392 e. The van der Waals surface area contributed by atoms with Crippen LogP contribution < -0.4 is 0 Å². The van der Waals surface area contributed by atoms with E-state index < -0.39 is 6.10 Å². The van der Waals surface area contributed by atoms with Gasteiger partial charge in [0.2, 0.25) is 0 Å². The first-order valence-corrected chi connectivity index (χ1v) is 7.14. The predicted octanol–water partition coefficient (Wildman–Crippen LogP) is 3.19. The second-order valence-electron chi connectivity index (χ2n) is 5.50. The van der Waals surface area contributed by atoms with Crippen LogP contribution >= 0.6 is 0 Å². The fourth-order valence-electron chi connectivity index (χ4n) is 2.39. The summed E-state index contributed by atoms with van der Waals surface area (Å²) < 4.78 is 5.34. The van der Waals surface area contributed by atoms with Crippen molar-refractivity contribution in [2.75, 3.05) is 7.11 Å². The topological polar surface area (TPSA) is 46.5 Å². The fraction of sp³-hybridized carbons (Fsp3) is 0.933. The minimum absolute atomic E-state index is 0.00414. The highest BCUT2D eigenvalue weighted by Crippen LogP contribution is 2.24. The van der Waals surface area contributed by atoms with Crippen LogP contribution in [0.1, 0.15) is 59.8 Å². The minimum atomic E-state index is -0.397. The summed E-state index contributed by atoms with van der Waals surface area (Å²) in [6, 6.07) is 0. The van der Waals surface area contributed by atoms with E-state index in [4.69, 9.17) is 4.74 Å². The molecule has 18 heavy (non-hydrogen) atoms. The molecule has 4 unspecified atom stereocenters. The molecule has 0 saturated carbocycles. The van der Waals surface area contributed by atoms with Crippen LogP contribution in [0.25, 0.3) is 0 Å². The van der Waals surface area contributed by atoms with E-state index in [0.717, 1.165) is 12.8 Å². The Kier molecular flexibility index (Phi) is 9.29. The second-order valence-corrected chi connectivity index (χ2v) is 5.50. The van der Waals surface area contributed by atoms with Gasteiger partial charge in [-0.25, -0.2) is 0 Å². The number of ether oxygens (including phenoxy) is 1. The lowest BCUT2D eigenvalue weighted by atomic mass is 9.85. The number of hydrogen-bond donors (Lipinski definition) is 1. The molecule has 0 aromatic heterocycles. The van der Waals surface area contributed by atoms with E-state index in [-0.39, 0.29) is 23.7 Å². The Morgan fingerprint density at radius 3 is 2.33 bits per heavy atom. The molecule has 0 aliphatic rings.